The monoisotopic (exact) mass is 597 g/mol. The molecule has 0 radical (unpaired) electrons. The van der Waals surface area contributed by atoms with E-state index >= 15 is 0 Å². The maximum atomic E-state index is 14.1. The Bertz CT molecular complexity index is 1430. The number of anilines is 1. The van der Waals surface area contributed by atoms with Crippen LogP contribution in [-0.2, 0) is 26.2 Å². The minimum absolute atomic E-state index is 0.0776. The predicted molar refractivity (Wildman–Crippen MR) is 161 cm³/mol. The highest BCUT2D eigenvalue weighted by molar-refractivity contribution is 7.92. The molecule has 226 valence electrons. The van der Waals surface area contributed by atoms with Crippen molar-refractivity contribution < 1.29 is 32.2 Å². The number of nitrogens with zero attached hydrogens (tertiary/aromatic N) is 2. The predicted octanol–water partition coefficient (Wildman–Crippen LogP) is 4.24. The fourth-order valence-corrected chi connectivity index (χ4v) is 5.87. The average molecular weight is 598 g/mol. The lowest BCUT2D eigenvalue weighted by Gasteiger charge is -2.33. The van der Waals surface area contributed by atoms with Crippen molar-refractivity contribution in [1.29, 1.82) is 0 Å². The number of sulfonamides is 1. The second-order valence-corrected chi connectivity index (χ2v) is 11.3. The molecule has 0 aliphatic carbocycles. The standard InChI is InChI=1S/C31H39N3O7S/c1-6-19-32-31(36)27(7-2)33(21-23-13-15-25(39-3)16-14-23)30(35)22-34(24-11-9-8-10-12-24)42(37,38)26-17-18-28(40-4)29(20-26)41-5/h8-18,20,27H,6-7,19,21-22H2,1-5H3,(H,32,36)/t27-/m1/s1. The van der Waals surface area contributed by atoms with E-state index in [9.17, 15) is 18.0 Å². The molecule has 0 aliphatic rings. The number of benzene rings is 3. The van der Waals surface area contributed by atoms with Crippen LogP contribution in [0.2, 0.25) is 0 Å². The van der Waals surface area contributed by atoms with Gasteiger partial charge in [-0.05, 0) is 54.8 Å². The summed E-state index contributed by atoms with van der Waals surface area (Å²) in [5, 5.41) is 2.88. The molecular weight excluding hydrogens is 558 g/mol. The Morgan fingerprint density at radius 2 is 1.52 bits per heavy atom. The summed E-state index contributed by atoms with van der Waals surface area (Å²) < 4.78 is 45.0. The van der Waals surface area contributed by atoms with Gasteiger partial charge in [-0.1, -0.05) is 44.2 Å². The zero-order chi connectivity index (χ0) is 30.7. The van der Waals surface area contributed by atoms with Gasteiger partial charge in [-0.2, -0.15) is 0 Å². The molecule has 0 heterocycles. The SMILES string of the molecule is CCCNC(=O)[C@@H](CC)N(Cc1ccc(OC)cc1)C(=O)CN(c1ccccc1)S(=O)(=O)c1ccc(OC)c(OC)c1. The zero-order valence-electron chi connectivity index (χ0n) is 24.7. The van der Waals surface area contributed by atoms with Crippen molar-refractivity contribution in [3.63, 3.8) is 0 Å². The molecule has 42 heavy (non-hydrogen) atoms. The molecular formula is C31H39N3O7S. The summed E-state index contributed by atoms with van der Waals surface area (Å²) in [6, 6.07) is 19.0. The molecule has 3 aromatic carbocycles. The molecule has 0 saturated heterocycles. The number of hydrogen-bond acceptors (Lipinski definition) is 7. The molecule has 0 bridgehead atoms. The minimum atomic E-state index is -4.26. The highest BCUT2D eigenvalue weighted by Gasteiger charge is 2.34. The van der Waals surface area contributed by atoms with Crippen molar-refractivity contribution in [3.8, 4) is 17.2 Å². The first kappa shape index (κ1) is 32.3. The average Bonchev–Trinajstić information content (AvgIpc) is 3.02. The molecule has 0 spiro atoms. The van der Waals surface area contributed by atoms with E-state index in [-0.39, 0.29) is 23.1 Å². The summed E-state index contributed by atoms with van der Waals surface area (Å²) in [6.45, 7) is 3.79. The first-order chi connectivity index (χ1) is 20.2. The topological polar surface area (TPSA) is 114 Å². The molecule has 11 heteroatoms. The van der Waals surface area contributed by atoms with Gasteiger partial charge in [0.2, 0.25) is 11.8 Å². The van der Waals surface area contributed by atoms with Gasteiger partial charge >= 0.3 is 0 Å². The van der Waals surface area contributed by atoms with E-state index in [1.54, 1.807) is 49.6 Å². The Morgan fingerprint density at radius 3 is 2.10 bits per heavy atom. The van der Waals surface area contributed by atoms with Crippen LogP contribution in [0.3, 0.4) is 0 Å². The normalized spacial score (nSPS) is 11.7. The van der Waals surface area contributed by atoms with Gasteiger partial charge in [-0.3, -0.25) is 13.9 Å². The Morgan fingerprint density at radius 1 is 0.857 bits per heavy atom. The van der Waals surface area contributed by atoms with Gasteiger partial charge < -0.3 is 24.4 Å². The van der Waals surface area contributed by atoms with E-state index in [1.807, 2.05) is 26.0 Å². The molecule has 0 saturated carbocycles. The maximum absolute atomic E-state index is 14.1. The van der Waals surface area contributed by atoms with E-state index in [4.69, 9.17) is 14.2 Å². The Hall–Kier alpha value is -4.25. The van der Waals surface area contributed by atoms with Crippen LogP contribution in [0.1, 0.15) is 32.3 Å². The number of carbonyl (C=O) groups is 2. The Labute approximate surface area is 248 Å². The number of amides is 2. The molecule has 10 nitrogen and oxygen atoms in total. The van der Waals surface area contributed by atoms with Crippen LogP contribution in [0.4, 0.5) is 5.69 Å². The fraction of sp³-hybridized carbons (Fsp3) is 0.355. The number of hydrogen-bond donors (Lipinski definition) is 1. The molecule has 0 fully saturated rings. The number of ether oxygens (including phenoxy) is 3. The van der Waals surface area contributed by atoms with Crippen molar-refractivity contribution in [1.82, 2.24) is 10.2 Å². The van der Waals surface area contributed by atoms with E-state index in [0.29, 0.717) is 30.2 Å². The second kappa shape index (κ2) is 15.1. The quantitative estimate of drug-likeness (QED) is 0.279. The zero-order valence-corrected chi connectivity index (χ0v) is 25.5. The van der Waals surface area contributed by atoms with Gasteiger partial charge in [0.1, 0.15) is 18.3 Å². The molecule has 3 aromatic rings. The van der Waals surface area contributed by atoms with E-state index in [0.717, 1.165) is 16.3 Å². The fourth-order valence-electron chi connectivity index (χ4n) is 4.44. The van der Waals surface area contributed by atoms with Gasteiger partial charge in [0.25, 0.3) is 10.0 Å². The van der Waals surface area contributed by atoms with Crippen LogP contribution >= 0.6 is 0 Å². The number of methoxy groups -OCH3 is 3. The molecule has 3 rings (SSSR count). The van der Waals surface area contributed by atoms with Crippen LogP contribution in [-0.4, -0.2) is 65.6 Å². The maximum Gasteiger partial charge on any atom is 0.264 e. The third-order valence-electron chi connectivity index (χ3n) is 6.71. The molecule has 0 aromatic heterocycles. The van der Waals surface area contributed by atoms with Gasteiger partial charge in [-0.25, -0.2) is 8.42 Å². The molecule has 2 amide bonds. The summed E-state index contributed by atoms with van der Waals surface area (Å²) in [4.78, 5) is 28.7. The van der Waals surface area contributed by atoms with Crippen LogP contribution in [0, 0.1) is 0 Å². The summed E-state index contributed by atoms with van der Waals surface area (Å²) in [7, 11) is 0.179. The first-order valence-electron chi connectivity index (χ1n) is 13.7. The largest absolute Gasteiger partial charge is 0.497 e. The third-order valence-corrected chi connectivity index (χ3v) is 8.48. The van der Waals surface area contributed by atoms with Gasteiger partial charge in [0, 0.05) is 19.2 Å². The van der Waals surface area contributed by atoms with Crippen LogP contribution in [0.25, 0.3) is 0 Å². The van der Waals surface area contributed by atoms with Crippen LogP contribution in [0.5, 0.6) is 17.2 Å². The van der Waals surface area contributed by atoms with Gasteiger partial charge in [0.15, 0.2) is 11.5 Å². The van der Waals surface area contributed by atoms with Crippen LogP contribution < -0.4 is 23.8 Å². The molecule has 0 unspecified atom stereocenters. The van der Waals surface area contributed by atoms with Crippen molar-refractivity contribution in [2.24, 2.45) is 0 Å². The number of rotatable bonds is 15. The molecule has 0 aliphatic heterocycles. The number of carbonyl (C=O) groups excluding carboxylic acids is 2. The highest BCUT2D eigenvalue weighted by Crippen LogP contribution is 2.32. The van der Waals surface area contributed by atoms with E-state index < -0.39 is 28.5 Å². The Kier molecular flexibility index (Phi) is 11.6. The summed E-state index contributed by atoms with van der Waals surface area (Å²) >= 11 is 0. The minimum Gasteiger partial charge on any atom is -0.497 e. The van der Waals surface area contributed by atoms with Crippen molar-refractivity contribution in [2.75, 3.05) is 38.7 Å². The smallest absolute Gasteiger partial charge is 0.264 e. The van der Waals surface area contributed by atoms with E-state index in [2.05, 4.69) is 5.32 Å². The van der Waals surface area contributed by atoms with Crippen molar-refractivity contribution >= 4 is 27.5 Å². The highest BCUT2D eigenvalue weighted by atomic mass is 32.2. The second-order valence-electron chi connectivity index (χ2n) is 9.45. The van der Waals surface area contributed by atoms with Gasteiger partial charge in [0.05, 0.1) is 31.9 Å². The number of para-hydroxylation sites is 1. The lowest BCUT2D eigenvalue weighted by molar-refractivity contribution is -0.140. The van der Waals surface area contributed by atoms with Crippen molar-refractivity contribution in [3.05, 3.63) is 78.4 Å². The molecule has 1 N–H and O–H groups in total. The lowest BCUT2D eigenvalue weighted by atomic mass is 10.1. The summed E-state index contributed by atoms with van der Waals surface area (Å²) in [5.74, 6) is 0.430. The summed E-state index contributed by atoms with van der Waals surface area (Å²) in [6.07, 6.45) is 1.07. The van der Waals surface area contributed by atoms with Crippen LogP contribution in [0.15, 0.2) is 77.7 Å². The third kappa shape index (κ3) is 7.73. The Balaban J connectivity index is 2.05. The van der Waals surface area contributed by atoms with E-state index in [1.165, 1.54) is 37.3 Å². The molecule has 1 atom stereocenters. The van der Waals surface area contributed by atoms with Crippen molar-refractivity contribution in [2.45, 2.75) is 44.2 Å². The summed E-state index contributed by atoms with van der Waals surface area (Å²) in [5.41, 5.74) is 1.06. The van der Waals surface area contributed by atoms with Gasteiger partial charge in [-0.15, -0.1) is 0 Å². The lowest BCUT2D eigenvalue weighted by Crippen LogP contribution is -2.52. The first-order valence-corrected chi connectivity index (χ1v) is 15.1. The number of nitrogens with one attached hydrogen (secondary N) is 1.